The topological polar surface area (TPSA) is 40.5 Å². The molecule has 2 nitrogen and oxygen atoms in total. The van der Waals surface area contributed by atoms with Crippen molar-refractivity contribution in [2.45, 2.75) is 124 Å². The van der Waals surface area contributed by atoms with E-state index in [1.54, 1.807) is 5.57 Å². The average molecular weight is 441 g/mol. The third-order valence-electron chi connectivity index (χ3n) is 11.8. The van der Waals surface area contributed by atoms with E-state index in [0.29, 0.717) is 22.7 Å². The molecule has 0 aliphatic heterocycles. The van der Waals surface area contributed by atoms with E-state index in [0.717, 1.165) is 31.6 Å². The molecule has 0 saturated heterocycles. The molecule has 0 spiro atoms. The Morgan fingerprint density at radius 2 is 1.69 bits per heavy atom. The number of allylic oxidation sites excluding steroid dienone is 2. The molecule has 32 heavy (non-hydrogen) atoms. The van der Waals surface area contributed by atoms with Crippen LogP contribution in [0.4, 0.5) is 0 Å². The van der Waals surface area contributed by atoms with Gasteiger partial charge in [-0.2, -0.15) is 0 Å². The lowest BCUT2D eigenvalue weighted by molar-refractivity contribution is -0.0962. The summed E-state index contributed by atoms with van der Waals surface area (Å²) in [7, 11) is 0. The SMILES string of the molecule is C#CC(O)CCC[C@@H](C)[C@H]1CC[C@@]2(C)C3=C(CC[C@]12C)[C@@]1(C)CC[C@H](O)C(C)(C)[C@@H]1CC3. The first kappa shape index (κ1) is 24.3. The molecule has 180 valence electrons. The molecule has 0 aromatic heterocycles. The largest absolute Gasteiger partial charge is 0.393 e. The molecule has 2 N–H and O–H groups in total. The van der Waals surface area contributed by atoms with E-state index in [9.17, 15) is 10.2 Å². The van der Waals surface area contributed by atoms with Crippen LogP contribution in [0.25, 0.3) is 0 Å². The maximum Gasteiger partial charge on any atom is 0.114 e. The summed E-state index contributed by atoms with van der Waals surface area (Å²) in [5, 5.41) is 20.6. The van der Waals surface area contributed by atoms with E-state index in [4.69, 9.17) is 6.42 Å². The van der Waals surface area contributed by atoms with Gasteiger partial charge in [0, 0.05) is 0 Å². The fourth-order valence-electron chi connectivity index (χ4n) is 9.55. The van der Waals surface area contributed by atoms with E-state index < -0.39 is 6.10 Å². The van der Waals surface area contributed by atoms with Gasteiger partial charge in [0.2, 0.25) is 0 Å². The van der Waals surface area contributed by atoms with Gasteiger partial charge in [-0.15, -0.1) is 6.42 Å². The third-order valence-corrected chi connectivity index (χ3v) is 11.8. The molecule has 4 rings (SSSR count). The standard InChI is InChI=1S/C30H48O2/c1-8-21(31)11-9-10-20(2)22-14-18-30(7)24-12-13-25-27(3,4)26(32)16-17-28(25,5)23(24)15-19-29(22,30)6/h1,20-22,25-26,31-32H,9-19H2,2-7H3/t20-,21?,22-,25+,26+,28-,29-,30+/m1/s1. The van der Waals surface area contributed by atoms with Crippen LogP contribution in [0, 0.1) is 51.8 Å². The van der Waals surface area contributed by atoms with E-state index in [2.05, 4.69) is 47.5 Å². The van der Waals surface area contributed by atoms with Crippen molar-refractivity contribution in [3.8, 4) is 12.3 Å². The number of hydrogen-bond donors (Lipinski definition) is 2. The molecule has 4 aliphatic carbocycles. The van der Waals surface area contributed by atoms with Crippen LogP contribution in [0.2, 0.25) is 0 Å². The van der Waals surface area contributed by atoms with Crippen molar-refractivity contribution in [2.75, 3.05) is 0 Å². The predicted octanol–water partition coefficient (Wildman–Crippen LogP) is 6.90. The van der Waals surface area contributed by atoms with Gasteiger partial charge < -0.3 is 10.2 Å². The lowest BCUT2D eigenvalue weighted by Crippen LogP contribution is -2.55. The molecule has 1 unspecified atom stereocenters. The van der Waals surface area contributed by atoms with Gasteiger partial charge in [-0.25, -0.2) is 0 Å². The van der Waals surface area contributed by atoms with Crippen LogP contribution in [0.15, 0.2) is 11.1 Å². The molecular formula is C30H48O2. The first-order valence-corrected chi connectivity index (χ1v) is 13.5. The summed E-state index contributed by atoms with van der Waals surface area (Å²) in [4.78, 5) is 0. The normalized spacial score (nSPS) is 44.8. The van der Waals surface area contributed by atoms with Gasteiger partial charge in [-0.05, 0) is 104 Å². The van der Waals surface area contributed by atoms with Gasteiger partial charge >= 0.3 is 0 Å². The quantitative estimate of drug-likeness (QED) is 0.361. The second-order valence-corrected chi connectivity index (χ2v) is 13.3. The number of hydrogen-bond acceptors (Lipinski definition) is 2. The van der Waals surface area contributed by atoms with E-state index in [1.165, 1.54) is 44.9 Å². The molecule has 4 aliphatic rings. The second kappa shape index (κ2) is 8.16. The van der Waals surface area contributed by atoms with Crippen LogP contribution >= 0.6 is 0 Å². The molecule has 8 atom stereocenters. The highest BCUT2D eigenvalue weighted by Crippen LogP contribution is 2.72. The van der Waals surface area contributed by atoms with Crippen LogP contribution in [0.1, 0.15) is 112 Å². The zero-order valence-corrected chi connectivity index (χ0v) is 21.6. The van der Waals surface area contributed by atoms with E-state index in [-0.39, 0.29) is 16.9 Å². The maximum absolute atomic E-state index is 10.8. The molecule has 2 heteroatoms. The Balaban J connectivity index is 1.60. The molecule has 0 heterocycles. The number of fused-ring (bicyclic) bond motifs is 4. The minimum absolute atomic E-state index is 0.0167. The van der Waals surface area contributed by atoms with Crippen molar-refractivity contribution < 1.29 is 10.2 Å². The highest BCUT2D eigenvalue weighted by atomic mass is 16.3. The van der Waals surface area contributed by atoms with Crippen LogP contribution < -0.4 is 0 Å². The Morgan fingerprint density at radius 1 is 0.969 bits per heavy atom. The molecular weight excluding hydrogens is 392 g/mol. The van der Waals surface area contributed by atoms with Crippen molar-refractivity contribution in [1.82, 2.24) is 0 Å². The van der Waals surface area contributed by atoms with Gasteiger partial charge in [-0.1, -0.05) is 65.0 Å². The summed E-state index contributed by atoms with van der Waals surface area (Å²) in [6.45, 7) is 14.9. The van der Waals surface area contributed by atoms with Crippen LogP contribution in [-0.2, 0) is 0 Å². The predicted molar refractivity (Wildman–Crippen MR) is 133 cm³/mol. The molecule has 0 aromatic carbocycles. The first-order chi connectivity index (χ1) is 14.9. The van der Waals surface area contributed by atoms with Crippen LogP contribution in [0.5, 0.6) is 0 Å². The van der Waals surface area contributed by atoms with Gasteiger partial charge in [0.15, 0.2) is 0 Å². The van der Waals surface area contributed by atoms with Gasteiger partial charge in [0.25, 0.3) is 0 Å². The minimum atomic E-state index is -0.580. The fraction of sp³-hybridized carbons (Fsp3) is 0.867. The van der Waals surface area contributed by atoms with Gasteiger partial charge in [0.1, 0.15) is 6.10 Å². The lowest BCUT2D eigenvalue weighted by Gasteiger charge is -2.62. The molecule has 2 saturated carbocycles. The number of aliphatic hydroxyl groups is 2. The van der Waals surface area contributed by atoms with E-state index >= 15 is 0 Å². The van der Waals surface area contributed by atoms with Crippen molar-refractivity contribution in [2.24, 2.45) is 39.4 Å². The molecule has 2 fully saturated rings. The Labute approximate surface area is 197 Å². The Bertz CT molecular complexity index is 802. The number of rotatable bonds is 5. The maximum atomic E-state index is 10.8. The van der Waals surface area contributed by atoms with E-state index in [1.807, 2.05) is 5.57 Å². The van der Waals surface area contributed by atoms with Crippen molar-refractivity contribution in [3.63, 3.8) is 0 Å². The van der Waals surface area contributed by atoms with Crippen LogP contribution in [0.3, 0.4) is 0 Å². The summed E-state index contributed by atoms with van der Waals surface area (Å²) >= 11 is 0. The highest BCUT2D eigenvalue weighted by Gasteiger charge is 2.63. The van der Waals surface area contributed by atoms with Crippen molar-refractivity contribution in [3.05, 3.63) is 11.1 Å². The fourth-order valence-corrected chi connectivity index (χ4v) is 9.55. The summed E-state index contributed by atoms with van der Waals surface area (Å²) in [6.07, 6.45) is 17.4. The average Bonchev–Trinajstić information content (AvgIpc) is 3.02. The third kappa shape index (κ3) is 3.36. The zero-order valence-electron chi connectivity index (χ0n) is 21.6. The summed E-state index contributed by atoms with van der Waals surface area (Å²) < 4.78 is 0. The molecule has 0 bridgehead atoms. The zero-order chi connectivity index (χ0) is 23.5. The van der Waals surface area contributed by atoms with Crippen LogP contribution in [-0.4, -0.2) is 22.4 Å². The minimum Gasteiger partial charge on any atom is -0.393 e. The number of aliphatic hydroxyl groups excluding tert-OH is 2. The van der Waals surface area contributed by atoms with Crippen molar-refractivity contribution >= 4 is 0 Å². The van der Waals surface area contributed by atoms with Gasteiger partial charge in [-0.3, -0.25) is 0 Å². The molecule has 0 amide bonds. The Morgan fingerprint density at radius 3 is 2.38 bits per heavy atom. The molecule has 0 radical (unpaired) electrons. The summed E-state index contributed by atoms with van der Waals surface area (Å²) in [5.74, 6) is 4.52. The van der Waals surface area contributed by atoms with Gasteiger partial charge in [0.05, 0.1) is 6.10 Å². The van der Waals surface area contributed by atoms with Crippen molar-refractivity contribution in [1.29, 1.82) is 0 Å². The summed E-state index contributed by atoms with van der Waals surface area (Å²) in [5.41, 5.74) is 4.63. The summed E-state index contributed by atoms with van der Waals surface area (Å²) in [6, 6.07) is 0. The smallest absolute Gasteiger partial charge is 0.114 e. The highest BCUT2D eigenvalue weighted by molar-refractivity contribution is 5.38. The monoisotopic (exact) mass is 440 g/mol. The Kier molecular flexibility index (Phi) is 6.21. The lowest BCUT2D eigenvalue weighted by atomic mass is 9.43. The first-order valence-electron chi connectivity index (χ1n) is 13.5. The second-order valence-electron chi connectivity index (χ2n) is 13.3. The number of terminal acetylenes is 1. The Hall–Kier alpha value is -0.780. The molecule has 0 aromatic rings.